The molecule has 0 saturated heterocycles. The first-order valence-electron chi connectivity index (χ1n) is 10.7. The summed E-state index contributed by atoms with van der Waals surface area (Å²) in [5.74, 6) is -0.709. The van der Waals surface area contributed by atoms with Gasteiger partial charge in [0.05, 0.1) is 30.4 Å². The Morgan fingerprint density at radius 2 is 1.94 bits per heavy atom. The van der Waals surface area contributed by atoms with Crippen LogP contribution in [0.4, 0.5) is 0 Å². The Labute approximate surface area is 183 Å². The van der Waals surface area contributed by atoms with Crippen LogP contribution in [0.2, 0.25) is 0 Å². The van der Waals surface area contributed by atoms with E-state index >= 15 is 0 Å². The van der Waals surface area contributed by atoms with Crippen LogP contribution < -0.4 is 0 Å². The normalized spacial score (nSPS) is 16.3. The minimum absolute atomic E-state index is 0.0237. The minimum atomic E-state index is -0.361. The molecule has 31 heavy (non-hydrogen) atoms. The Morgan fingerprint density at radius 3 is 2.58 bits per heavy atom. The third-order valence-corrected chi connectivity index (χ3v) is 5.52. The van der Waals surface area contributed by atoms with Crippen molar-refractivity contribution in [1.29, 1.82) is 5.26 Å². The van der Waals surface area contributed by atoms with Gasteiger partial charge in [-0.2, -0.15) is 5.26 Å². The quantitative estimate of drug-likeness (QED) is 0.596. The molecule has 0 radical (unpaired) electrons. The number of nitriles is 1. The lowest BCUT2D eigenvalue weighted by Gasteiger charge is -2.36. The summed E-state index contributed by atoms with van der Waals surface area (Å²) in [5, 5.41) is 9.21. The molecular weight excluding hydrogens is 388 g/mol. The predicted octanol–water partition coefficient (Wildman–Crippen LogP) is 5.00. The molecule has 1 amide bonds. The summed E-state index contributed by atoms with van der Waals surface area (Å²) in [5.41, 5.74) is 4.78. The molecule has 2 aromatic rings. The van der Waals surface area contributed by atoms with Gasteiger partial charge in [-0.1, -0.05) is 55.3 Å². The van der Waals surface area contributed by atoms with Crippen molar-refractivity contribution in [1.82, 2.24) is 4.90 Å². The molecule has 0 aliphatic carbocycles. The largest absolute Gasteiger partial charge is 0.463 e. The van der Waals surface area contributed by atoms with Crippen molar-refractivity contribution < 1.29 is 14.3 Å². The molecule has 0 saturated carbocycles. The highest BCUT2D eigenvalue weighted by molar-refractivity contribution is 5.96. The average Bonchev–Trinajstić information content (AvgIpc) is 2.77. The average molecular weight is 417 g/mol. The maximum atomic E-state index is 13.3. The number of esters is 1. The SMILES string of the molecule is CCCC1=C(C(=O)OCC)[C@@H](c2ccc(C)cc2)CC(=O)N1Cc1cccc(C#N)c1. The fourth-order valence-corrected chi connectivity index (χ4v) is 4.05. The van der Waals surface area contributed by atoms with E-state index in [1.165, 1.54) is 0 Å². The molecule has 1 heterocycles. The molecule has 0 bridgehead atoms. The number of carbonyl (C=O) groups is 2. The first-order chi connectivity index (χ1) is 15.0. The van der Waals surface area contributed by atoms with Crippen molar-refractivity contribution in [3.8, 4) is 6.07 Å². The van der Waals surface area contributed by atoms with E-state index in [1.54, 1.807) is 24.0 Å². The van der Waals surface area contributed by atoms with Crippen molar-refractivity contribution >= 4 is 11.9 Å². The summed E-state index contributed by atoms with van der Waals surface area (Å²) in [6, 6.07) is 17.4. The summed E-state index contributed by atoms with van der Waals surface area (Å²) >= 11 is 0. The van der Waals surface area contributed by atoms with E-state index in [1.807, 2.05) is 50.2 Å². The zero-order valence-electron chi connectivity index (χ0n) is 18.4. The van der Waals surface area contributed by atoms with E-state index < -0.39 is 0 Å². The van der Waals surface area contributed by atoms with Gasteiger partial charge in [0.2, 0.25) is 5.91 Å². The first-order valence-corrected chi connectivity index (χ1v) is 10.7. The highest BCUT2D eigenvalue weighted by atomic mass is 16.5. The monoisotopic (exact) mass is 416 g/mol. The Morgan fingerprint density at radius 1 is 1.19 bits per heavy atom. The molecule has 5 heteroatoms. The first kappa shape index (κ1) is 22.3. The predicted molar refractivity (Wildman–Crippen MR) is 119 cm³/mol. The van der Waals surface area contributed by atoms with Crippen molar-refractivity contribution in [2.24, 2.45) is 0 Å². The molecule has 0 aromatic heterocycles. The molecule has 1 aliphatic heterocycles. The topological polar surface area (TPSA) is 70.4 Å². The minimum Gasteiger partial charge on any atom is -0.463 e. The van der Waals surface area contributed by atoms with E-state index in [-0.39, 0.29) is 30.8 Å². The van der Waals surface area contributed by atoms with Gasteiger partial charge in [0, 0.05) is 18.0 Å². The van der Waals surface area contributed by atoms with E-state index in [9.17, 15) is 14.9 Å². The maximum absolute atomic E-state index is 13.3. The Kier molecular flexibility index (Phi) is 7.25. The number of carbonyl (C=O) groups excluding carboxylic acids is 2. The van der Waals surface area contributed by atoms with Crippen molar-refractivity contribution in [2.45, 2.75) is 52.5 Å². The second-order valence-electron chi connectivity index (χ2n) is 7.79. The summed E-state index contributed by atoms with van der Waals surface area (Å²) in [7, 11) is 0. The second kappa shape index (κ2) is 10.1. The number of rotatable bonds is 7. The fraction of sp³-hybridized carbons (Fsp3) is 0.346. The number of ether oxygens (including phenoxy) is 1. The molecule has 0 spiro atoms. The van der Waals surface area contributed by atoms with Crippen LogP contribution in [0.1, 0.15) is 61.3 Å². The molecule has 0 N–H and O–H groups in total. The van der Waals surface area contributed by atoms with Gasteiger partial charge >= 0.3 is 5.97 Å². The van der Waals surface area contributed by atoms with Gasteiger partial charge in [-0.15, -0.1) is 0 Å². The molecule has 0 unspecified atom stereocenters. The second-order valence-corrected chi connectivity index (χ2v) is 7.79. The number of aryl methyl sites for hydroxylation is 1. The van der Waals surface area contributed by atoms with Gasteiger partial charge in [-0.25, -0.2) is 4.79 Å². The van der Waals surface area contributed by atoms with E-state index in [4.69, 9.17) is 4.74 Å². The lowest BCUT2D eigenvalue weighted by molar-refractivity contribution is -0.140. The van der Waals surface area contributed by atoms with Gasteiger partial charge in [0.15, 0.2) is 0 Å². The van der Waals surface area contributed by atoms with E-state index in [0.29, 0.717) is 24.1 Å². The van der Waals surface area contributed by atoms with Crippen LogP contribution in [0.15, 0.2) is 59.8 Å². The molecule has 2 aromatic carbocycles. The number of amides is 1. The zero-order chi connectivity index (χ0) is 22.4. The van der Waals surface area contributed by atoms with Crippen molar-refractivity contribution in [3.05, 3.63) is 82.1 Å². The summed E-state index contributed by atoms with van der Waals surface area (Å²) in [4.78, 5) is 28.1. The van der Waals surface area contributed by atoms with Gasteiger partial charge < -0.3 is 9.64 Å². The third kappa shape index (κ3) is 5.03. The number of benzene rings is 2. The summed E-state index contributed by atoms with van der Waals surface area (Å²) < 4.78 is 5.43. The van der Waals surface area contributed by atoms with Crippen LogP contribution in [-0.2, 0) is 20.9 Å². The van der Waals surface area contributed by atoms with Crippen LogP contribution in [0, 0.1) is 18.3 Å². The fourth-order valence-electron chi connectivity index (χ4n) is 4.05. The molecule has 1 aliphatic rings. The van der Waals surface area contributed by atoms with E-state index in [2.05, 4.69) is 6.07 Å². The van der Waals surface area contributed by atoms with Gasteiger partial charge in [0.25, 0.3) is 0 Å². The molecule has 5 nitrogen and oxygen atoms in total. The number of hydrogen-bond donors (Lipinski definition) is 0. The Bertz CT molecular complexity index is 1030. The molecule has 0 fully saturated rings. The molecule has 3 rings (SSSR count). The van der Waals surface area contributed by atoms with E-state index in [0.717, 1.165) is 28.8 Å². The standard InChI is InChI=1S/C26H28N2O3/c1-4-7-23-25(26(30)31-5-2)22(21-12-10-18(3)11-13-21)15-24(29)28(23)17-20-9-6-8-19(14-20)16-27/h6,8-14,22H,4-5,7,15,17H2,1-3H3/t22-/m1/s1. The van der Waals surface area contributed by atoms with Crippen LogP contribution >= 0.6 is 0 Å². The van der Waals surface area contributed by atoms with Gasteiger partial charge in [-0.3, -0.25) is 4.79 Å². The smallest absolute Gasteiger partial charge is 0.336 e. The van der Waals surface area contributed by atoms with Gasteiger partial charge in [-0.05, 0) is 43.5 Å². The number of hydrogen-bond acceptors (Lipinski definition) is 4. The van der Waals surface area contributed by atoms with Crippen LogP contribution in [0.25, 0.3) is 0 Å². The van der Waals surface area contributed by atoms with Crippen molar-refractivity contribution in [2.75, 3.05) is 6.61 Å². The Hall–Kier alpha value is -3.39. The molecule has 160 valence electrons. The molecular formula is C26H28N2O3. The number of nitrogens with zero attached hydrogens (tertiary/aromatic N) is 2. The maximum Gasteiger partial charge on any atom is 0.336 e. The number of allylic oxidation sites excluding steroid dienone is 1. The summed E-state index contributed by atoms with van der Waals surface area (Å²) in [6.45, 7) is 6.44. The lowest BCUT2D eigenvalue weighted by atomic mass is 9.82. The molecule has 1 atom stereocenters. The lowest BCUT2D eigenvalue weighted by Crippen LogP contribution is -2.39. The van der Waals surface area contributed by atoms with Crippen LogP contribution in [0.3, 0.4) is 0 Å². The van der Waals surface area contributed by atoms with Crippen molar-refractivity contribution in [3.63, 3.8) is 0 Å². The highest BCUT2D eigenvalue weighted by Gasteiger charge is 2.38. The van der Waals surface area contributed by atoms with Crippen LogP contribution in [-0.4, -0.2) is 23.4 Å². The third-order valence-electron chi connectivity index (χ3n) is 5.52. The van der Waals surface area contributed by atoms with Crippen LogP contribution in [0.5, 0.6) is 0 Å². The Balaban J connectivity index is 2.10. The summed E-state index contributed by atoms with van der Waals surface area (Å²) in [6.07, 6.45) is 1.60. The highest BCUT2D eigenvalue weighted by Crippen LogP contribution is 2.39. The van der Waals surface area contributed by atoms with Gasteiger partial charge in [0.1, 0.15) is 0 Å². The zero-order valence-corrected chi connectivity index (χ0v) is 18.4.